The van der Waals surface area contributed by atoms with Gasteiger partial charge in [-0.15, -0.1) is 0 Å². The molecule has 0 spiro atoms. The monoisotopic (exact) mass is 232 g/mol. The average Bonchev–Trinajstić information content (AvgIpc) is 2.67. The van der Waals surface area contributed by atoms with E-state index in [1.165, 1.54) is 16.8 Å². The van der Waals surface area contributed by atoms with Crippen LogP contribution < -0.4 is 10.6 Å². The van der Waals surface area contributed by atoms with E-state index in [1.807, 2.05) is 0 Å². The number of anilines is 1. The molecule has 0 amide bonds. The van der Waals surface area contributed by atoms with Crippen LogP contribution in [0.4, 0.5) is 5.69 Å². The Kier molecular flexibility index (Phi) is 3.48. The maximum Gasteiger partial charge on any atom is 0.134 e. The van der Waals surface area contributed by atoms with Gasteiger partial charge >= 0.3 is 0 Å². The van der Waals surface area contributed by atoms with E-state index in [-0.39, 0.29) is 11.7 Å². The fourth-order valence-electron chi connectivity index (χ4n) is 2.42. The molecule has 0 saturated heterocycles. The molecule has 2 N–H and O–H groups in total. The lowest BCUT2D eigenvalue weighted by Gasteiger charge is -2.14. The average molecular weight is 232 g/mol. The van der Waals surface area contributed by atoms with Crippen molar-refractivity contribution in [2.75, 3.05) is 25.0 Å². The van der Waals surface area contributed by atoms with Crippen LogP contribution in [-0.4, -0.2) is 25.9 Å². The summed E-state index contributed by atoms with van der Waals surface area (Å²) >= 11 is 0. The number of hydrogen-bond acceptors (Lipinski definition) is 3. The van der Waals surface area contributed by atoms with Gasteiger partial charge in [0.25, 0.3) is 0 Å². The van der Waals surface area contributed by atoms with Gasteiger partial charge in [-0.1, -0.05) is 12.1 Å². The molecule has 3 heteroatoms. The van der Waals surface area contributed by atoms with E-state index >= 15 is 0 Å². The van der Waals surface area contributed by atoms with Gasteiger partial charge in [0, 0.05) is 31.7 Å². The van der Waals surface area contributed by atoms with Crippen molar-refractivity contribution in [3.8, 4) is 0 Å². The van der Waals surface area contributed by atoms with Crippen LogP contribution in [0.5, 0.6) is 0 Å². The third kappa shape index (κ3) is 2.50. The van der Waals surface area contributed by atoms with Gasteiger partial charge in [-0.05, 0) is 37.0 Å². The molecule has 17 heavy (non-hydrogen) atoms. The normalized spacial score (nSPS) is 15.8. The Morgan fingerprint density at radius 2 is 2.29 bits per heavy atom. The Morgan fingerprint density at radius 1 is 1.53 bits per heavy atom. The fourth-order valence-corrected chi connectivity index (χ4v) is 2.42. The molecule has 92 valence electrons. The van der Waals surface area contributed by atoms with Crippen LogP contribution >= 0.6 is 0 Å². The molecule has 1 atom stereocenters. The van der Waals surface area contributed by atoms with Crippen molar-refractivity contribution in [1.82, 2.24) is 0 Å². The van der Waals surface area contributed by atoms with Gasteiger partial charge in [0.1, 0.15) is 5.78 Å². The molecule has 3 nitrogen and oxygen atoms in total. The van der Waals surface area contributed by atoms with Gasteiger partial charge in [-0.25, -0.2) is 0 Å². The van der Waals surface area contributed by atoms with E-state index in [0.717, 1.165) is 19.4 Å². The first-order valence-corrected chi connectivity index (χ1v) is 6.15. The lowest BCUT2D eigenvalue weighted by atomic mass is 9.94. The molecule has 1 aromatic carbocycles. The molecule has 0 fully saturated rings. The van der Waals surface area contributed by atoms with E-state index < -0.39 is 0 Å². The molecule has 0 bridgehead atoms. The maximum absolute atomic E-state index is 11.4. The van der Waals surface area contributed by atoms with E-state index in [9.17, 15) is 4.79 Å². The third-order valence-corrected chi connectivity index (χ3v) is 3.61. The van der Waals surface area contributed by atoms with E-state index in [0.29, 0.717) is 6.54 Å². The van der Waals surface area contributed by atoms with Gasteiger partial charge < -0.3 is 10.6 Å². The molecule has 0 saturated carbocycles. The molecule has 0 aromatic heterocycles. The number of rotatable bonds is 4. The molecular weight excluding hydrogens is 212 g/mol. The van der Waals surface area contributed by atoms with E-state index in [2.05, 4.69) is 30.1 Å². The highest BCUT2D eigenvalue weighted by Crippen LogP contribution is 2.28. The van der Waals surface area contributed by atoms with Crippen molar-refractivity contribution in [2.45, 2.75) is 19.8 Å². The number of ketones is 1. The fraction of sp³-hybridized carbons (Fsp3) is 0.500. The molecule has 2 rings (SSSR count). The molecule has 0 radical (unpaired) electrons. The van der Waals surface area contributed by atoms with E-state index in [1.54, 1.807) is 6.92 Å². The van der Waals surface area contributed by atoms with Gasteiger partial charge in [0.2, 0.25) is 0 Å². The summed E-state index contributed by atoms with van der Waals surface area (Å²) in [6.07, 6.45) is 1.87. The van der Waals surface area contributed by atoms with Crippen molar-refractivity contribution >= 4 is 11.5 Å². The quantitative estimate of drug-likeness (QED) is 0.853. The minimum absolute atomic E-state index is 0.0350. The lowest BCUT2D eigenvalue weighted by Crippen LogP contribution is -2.23. The minimum Gasteiger partial charge on any atom is -0.374 e. The predicted octanol–water partition coefficient (Wildman–Crippen LogP) is 1.39. The molecular formula is C14H20N2O. The van der Waals surface area contributed by atoms with E-state index in [4.69, 9.17) is 5.73 Å². The Labute approximate surface area is 103 Å². The Hall–Kier alpha value is -1.35. The van der Waals surface area contributed by atoms with Crippen LogP contribution in [0.1, 0.15) is 18.1 Å². The highest BCUT2D eigenvalue weighted by Gasteiger charge is 2.18. The standard InChI is InChI=1S/C14H20N2O/c1-10(17)13(9-15)8-11-3-4-14-12(7-11)5-6-16(14)2/h3-4,7,13H,5-6,8-9,15H2,1-2H3/t13-/m1/s1. The summed E-state index contributed by atoms with van der Waals surface area (Å²) in [5.41, 5.74) is 9.57. The number of Topliss-reactive ketones (excluding diaryl/α,β-unsaturated/α-hetero) is 1. The van der Waals surface area contributed by atoms with Gasteiger partial charge in [-0.2, -0.15) is 0 Å². The predicted molar refractivity (Wildman–Crippen MR) is 70.3 cm³/mol. The second kappa shape index (κ2) is 4.88. The van der Waals surface area contributed by atoms with Crippen LogP contribution in [-0.2, 0) is 17.6 Å². The van der Waals surface area contributed by atoms with Crippen molar-refractivity contribution in [2.24, 2.45) is 11.7 Å². The number of fused-ring (bicyclic) bond motifs is 1. The summed E-state index contributed by atoms with van der Waals surface area (Å²) in [6, 6.07) is 6.50. The SMILES string of the molecule is CC(=O)[C@@H](CN)Cc1ccc2c(c1)CCN2C. The second-order valence-corrected chi connectivity index (χ2v) is 4.88. The van der Waals surface area contributed by atoms with Crippen molar-refractivity contribution in [3.63, 3.8) is 0 Å². The largest absolute Gasteiger partial charge is 0.374 e. The summed E-state index contributed by atoms with van der Waals surface area (Å²) in [5.74, 6) is 0.150. The highest BCUT2D eigenvalue weighted by molar-refractivity contribution is 5.78. The Bertz CT molecular complexity index is 428. The summed E-state index contributed by atoms with van der Waals surface area (Å²) in [7, 11) is 2.11. The first-order valence-electron chi connectivity index (χ1n) is 6.15. The molecule has 1 heterocycles. The van der Waals surface area contributed by atoms with Gasteiger partial charge in [0.05, 0.1) is 0 Å². The molecule has 1 aromatic rings. The number of carbonyl (C=O) groups excluding carboxylic acids is 1. The zero-order valence-electron chi connectivity index (χ0n) is 10.6. The smallest absolute Gasteiger partial charge is 0.134 e. The van der Waals surface area contributed by atoms with Crippen LogP contribution in [0.15, 0.2) is 18.2 Å². The number of likely N-dealkylation sites (N-methyl/N-ethyl adjacent to an activating group) is 1. The first-order chi connectivity index (χ1) is 8.11. The van der Waals surface area contributed by atoms with Crippen molar-refractivity contribution < 1.29 is 4.79 Å². The lowest BCUT2D eigenvalue weighted by molar-refractivity contribution is -0.120. The number of nitrogens with zero attached hydrogens (tertiary/aromatic N) is 1. The molecule has 0 unspecified atom stereocenters. The second-order valence-electron chi connectivity index (χ2n) is 4.88. The summed E-state index contributed by atoms with van der Waals surface area (Å²) in [6.45, 7) is 3.15. The molecule has 1 aliphatic heterocycles. The highest BCUT2D eigenvalue weighted by atomic mass is 16.1. The number of carbonyl (C=O) groups is 1. The zero-order valence-corrected chi connectivity index (χ0v) is 10.6. The summed E-state index contributed by atoms with van der Waals surface area (Å²) in [4.78, 5) is 13.6. The Morgan fingerprint density at radius 3 is 2.94 bits per heavy atom. The van der Waals surface area contributed by atoms with Crippen molar-refractivity contribution in [1.29, 1.82) is 0 Å². The van der Waals surface area contributed by atoms with Gasteiger partial charge in [0.15, 0.2) is 0 Å². The Balaban J connectivity index is 2.16. The topological polar surface area (TPSA) is 46.3 Å². The number of hydrogen-bond donors (Lipinski definition) is 1. The summed E-state index contributed by atoms with van der Waals surface area (Å²) < 4.78 is 0. The minimum atomic E-state index is -0.0350. The summed E-state index contributed by atoms with van der Waals surface area (Å²) in [5, 5.41) is 0. The zero-order chi connectivity index (χ0) is 12.4. The maximum atomic E-state index is 11.4. The van der Waals surface area contributed by atoms with Crippen LogP contribution in [0.25, 0.3) is 0 Å². The van der Waals surface area contributed by atoms with Crippen LogP contribution in [0.2, 0.25) is 0 Å². The van der Waals surface area contributed by atoms with Crippen LogP contribution in [0.3, 0.4) is 0 Å². The third-order valence-electron chi connectivity index (χ3n) is 3.61. The first kappa shape index (κ1) is 12.1. The number of benzene rings is 1. The van der Waals surface area contributed by atoms with Crippen molar-refractivity contribution in [3.05, 3.63) is 29.3 Å². The van der Waals surface area contributed by atoms with Crippen LogP contribution in [0, 0.1) is 5.92 Å². The van der Waals surface area contributed by atoms with Gasteiger partial charge in [-0.3, -0.25) is 4.79 Å². The number of nitrogens with two attached hydrogens (primary N) is 1. The molecule has 0 aliphatic carbocycles. The molecule has 1 aliphatic rings.